The van der Waals surface area contributed by atoms with Crippen LogP contribution < -0.4 is 10.1 Å². The number of benzene rings is 3. The fourth-order valence-corrected chi connectivity index (χ4v) is 3.74. The predicted molar refractivity (Wildman–Crippen MR) is 122 cm³/mol. The van der Waals surface area contributed by atoms with Crippen molar-refractivity contribution in [3.8, 4) is 22.6 Å². The fraction of sp³-hybridized carbons (Fsp3) is 0.308. The van der Waals surface area contributed by atoms with Crippen molar-refractivity contribution in [2.75, 3.05) is 13.2 Å². The van der Waals surface area contributed by atoms with Crippen LogP contribution in [0.25, 0.3) is 11.1 Å². The molecule has 30 heavy (non-hydrogen) atoms. The molecular weight excluding hydrogens is 374 g/mol. The lowest BCUT2D eigenvalue weighted by Crippen LogP contribution is -2.35. The van der Waals surface area contributed by atoms with Gasteiger partial charge in [-0.2, -0.15) is 0 Å². The Hall–Kier alpha value is -2.82. The van der Waals surface area contributed by atoms with Crippen molar-refractivity contribution < 1.29 is 14.9 Å². The van der Waals surface area contributed by atoms with Crippen LogP contribution in [0.5, 0.6) is 11.5 Å². The summed E-state index contributed by atoms with van der Waals surface area (Å²) in [6, 6.07) is 19.3. The summed E-state index contributed by atoms with van der Waals surface area (Å²) in [5, 5.41) is 23.2. The van der Waals surface area contributed by atoms with Crippen LogP contribution >= 0.6 is 0 Å². The van der Waals surface area contributed by atoms with Gasteiger partial charge >= 0.3 is 0 Å². The Balaban J connectivity index is 1.57. The Morgan fingerprint density at radius 2 is 1.53 bits per heavy atom. The number of aliphatic hydroxyl groups is 1. The average molecular weight is 406 g/mol. The van der Waals surface area contributed by atoms with Crippen molar-refractivity contribution in [3.05, 3.63) is 82.9 Å². The maximum atomic E-state index is 10.5. The number of aryl methyl sites for hydroxylation is 3. The van der Waals surface area contributed by atoms with Crippen molar-refractivity contribution in [1.29, 1.82) is 0 Å². The molecule has 0 heterocycles. The van der Waals surface area contributed by atoms with Crippen LogP contribution in [0.3, 0.4) is 0 Å². The lowest BCUT2D eigenvalue weighted by atomic mass is 9.96. The van der Waals surface area contributed by atoms with E-state index < -0.39 is 6.10 Å². The summed E-state index contributed by atoms with van der Waals surface area (Å²) in [7, 11) is 0. The summed E-state index contributed by atoms with van der Waals surface area (Å²) in [5.41, 5.74) is 6.71. The Bertz CT molecular complexity index is 959. The molecule has 3 N–H and O–H groups in total. The largest absolute Gasteiger partial charge is 0.508 e. The van der Waals surface area contributed by atoms with E-state index in [0.29, 0.717) is 13.2 Å². The van der Waals surface area contributed by atoms with Crippen LogP contribution in [-0.2, 0) is 0 Å². The number of nitrogens with one attached hydrogen (secondary N) is 1. The van der Waals surface area contributed by atoms with E-state index in [4.69, 9.17) is 4.74 Å². The molecule has 3 aromatic carbocycles. The number of ether oxygens (including phenoxy) is 1. The quantitative estimate of drug-likeness (QED) is 0.458. The smallest absolute Gasteiger partial charge is 0.125 e. The van der Waals surface area contributed by atoms with Crippen molar-refractivity contribution >= 4 is 0 Å². The molecule has 0 fully saturated rings. The van der Waals surface area contributed by atoms with Crippen molar-refractivity contribution in [3.63, 3.8) is 0 Å². The topological polar surface area (TPSA) is 61.7 Å². The molecule has 0 aliphatic carbocycles. The minimum absolute atomic E-state index is 0.135. The summed E-state index contributed by atoms with van der Waals surface area (Å²) in [6.45, 7) is 9.35. The molecule has 3 aromatic rings. The van der Waals surface area contributed by atoms with E-state index in [-0.39, 0.29) is 11.8 Å². The summed E-state index contributed by atoms with van der Waals surface area (Å²) < 4.78 is 6.06. The molecule has 4 nitrogen and oxygen atoms in total. The predicted octanol–water partition coefficient (Wildman–Crippen LogP) is 5.07. The highest BCUT2D eigenvalue weighted by molar-refractivity contribution is 5.70. The van der Waals surface area contributed by atoms with E-state index in [1.807, 2.05) is 6.92 Å². The first-order valence-corrected chi connectivity index (χ1v) is 10.4. The zero-order valence-corrected chi connectivity index (χ0v) is 18.1. The monoisotopic (exact) mass is 405 g/mol. The second-order valence-electron chi connectivity index (χ2n) is 7.88. The molecule has 4 heteroatoms. The first kappa shape index (κ1) is 21.9. The third-order valence-electron chi connectivity index (χ3n) is 5.44. The van der Waals surface area contributed by atoms with Gasteiger partial charge in [0.25, 0.3) is 0 Å². The Kier molecular flexibility index (Phi) is 7.14. The number of aromatic hydroxyl groups is 1. The third kappa shape index (κ3) is 5.21. The Morgan fingerprint density at radius 3 is 2.17 bits per heavy atom. The van der Waals surface area contributed by atoms with Gasteiger partial charge in [-0.1, -0.05) is 36.4 Å². The molecule has 0 saturated carbocycles. The lowest BCUT2D eigenvalue weighted by molar-refractivity contribution is 0.133. The molecule has 0 aliphatic rings. The van der Waals surface area contributed by atoms with Gasteiger partial charge in [-0.3, -0.25) is 0 Å². The lowest BCUT2D eigenvalue weighted by Gasteiger charge is -2.21. The molecule has 158 valence electrons. The molecule has 0 radical (unpaired) electrons. The van der Waals surface area contributed by atoms with Crippen molar-refractivity contribution in [2.24, 2.45) is 0 Å². The van der Waals surface area contributed by atoms with E-state index in [0.717, 1.165) is 22.4 Å². The summed E-state index contributed by atoms with van der Waals surface area (Å²) in [5.74, 6) is 1.11. The molecule has 0 aliphatic heterocycles. The van der Waals surface area contributed by atoms with E-state index >= 15 is 0 Å². The van der Waals surface area contributed by atoms with Gasteiger partial charge < -0.3 is 20.3 Å². The Morgan fingerprint density at radius 1 is 0.900 bits per heavy atom. The Labute approximate surface area is 179 Å². The van der Waals surface area contributed by atoms with Gasteiger partial charge in [-0.25, -0.2) is 0 Å². The number of phenols is 1. The van der Waals surface area contributed by atoms with Gasteiger partial charge in [0.15, 0.2) is 0 Å². The van der Waals surface area contributed by atoms with E-state index in [2.05, 4.69) is 62.5 Å². The first-order chi connectivity index (χ1) is 14.4. The number of phenolic OH excluding ortho intramolecular Hbond substituents is 1. The van der Waals surface area contributed by atoms with Gasteiger partial charge in [0.2, 0.25) is 0 Å². The van der Waals surface area contributed by atoms with Crippen molar-refractivity contribution in [1.82, 2.24) is 5.32 Å². The van der Waals surface area contributed by atoms with Crippen LogP contribution in [0.1, 0.15) is 35.3 Å². The molecule has 3 rings (SSSR count). The van der Waals surface area contributed by atoms with Gasteiger partial charge in [-0.15, -0.1) is 0 Å². The SMILES string of the molecule is Cc1ccccc1-c1cc(C)c(OCCN[C@@H](C)[C@H](O)c2ccc(O)cc2)c(C)c1. The molecule has 0 unspecified atom stereocenters. The highest BCUT2D eigenvalue weighted by Gasteiger charge is 2.16. The van der Waals surface area contributed by atoms with E-state index in [1.54, 1.807) is 24.3 Å². The molecule has 0 amide bonds. The minimum Gasteiger partial charge on any atom is -0.508 e. The molecule has 0 bridgehead atoms. The molecule has 0 aromatic heterocycles. The van der Waals surface area contributed by atoms with E-state index in [9.17, 15) is 10.2 Å². The standard InChI is InChI=1S/C26H31NO3/c1-17-7-5-6-8-24(17)22-15-18(2)26(19(3)16-22)30-14-13-27-20(4)25(29)21-9-11-23(28)12-10-21/h5-12,15-16,20,25,27-29H,13-14H2,1-4H3/t20-,25-/m0/s1. The molecule has 0 spiro atoms. The average Bonchev–Trinajstić information content (AvgIpc) is 2.72. The maximum Gasteiger partial charge on any atom is 0.125 e. The van der Waals surface area contributed by atoms with E-state index in [1.165, 1.54) is 16.7 Å². The maximum absolute atomic E-state index is 10.5. The number of rotatable bonds is 8. The minimum atomic E-state index is -0.650. The van der Waals surface area contributed by atoms with Gasteiger partial charge in [-0.05, 0) is 85.3 Å². The zero-order valence-electron chi connectivity index (χ0n) is 18.1. The molecule has 2 atom stereocenters. The summed E-state index contributed by atoms with van der Waals surface area (Å²) >= 11 is 0. The number of hydrogen-bond acceptors (Lipinski definition) is 4. The highest BCUT2D eigenvalue weighted by atomic mass is 16.5. The van der Waals surface area contributed by atoms with Crippen LogP contribution in [0, 0.1) is 20.8 Å². The summed E-state index contributed by atoms with van der Waals surface area (Å²) in [6.07, 6.45) is -0.650. The van der Waals surface area contributed by atoms with Gasteiger partial charge in [0.1, 0.15) is 18.1 Å². The summed E-state index contributed by atoms with van der Waals surface area (Å²) in [4.78, 5) is 0. The van der Waals surface area contributed by atoms with Gasteiger partial charge in [0, 0.05) is 12.6 Å². The fourth-order valence-electron chi connectivity index (χ4n) is 3.74. The van der Waals surface area contributed by atoms with Crippen LogP contribution in [0.4, 0.5) is 0 Å². The van der Waals surface area contributed by atoms with Crippen LogP contribution in [0.15, 0.2) is 60.7 Å². The zero-order chi connectivity index (χ0) is 21.7. The normalized spacial score (nSPS) is 13.1. The molecular formula is C26H31NO3. The highest BCUT2D eigenvalue weighted by Crippen LogP contribution is 2.31. The number of hydrogen-bond donors (Lipinski definition) is 3. The first-order valence-electron chi connectivity index (χ1n) is 10.4. The van der Waals surface area contributed by atoms with Crippen LogP contribution in [-0.4, -0.2) is 29.4 Å². The third-order valence-corrected chi connectivity index (χ3v) is 5.44. The van der Waals surface area contributed by atoms with Crippen LogP contribution in [0.2, 0.25) is 0 Å². The number of aliphatic hydroxyl groups excluding tert-OH is 1. The second kappa shape index (κ2) is 9.79. The van der Waals surface area contributed by atoms with Crippen molar-refractivity contribution in [2.45, 2.75) is 39.8 Å². The second-order valence-corrected chi connectivity index (χ2v) is 7.88. The van der Waals surface area contributed by atoms with Gasteiger partial charge in [0.05, 0.1) is 6.10 Å². The molecule has 0 saturated heterocycles.